The van der Waals surface area contributed by atoms with Crippen LogP contribution in [0.2, 0.25) is 0 Å². The van der Waals surface area contributed by atoms with Crippen LogP contribution in [0.4, 0.5) is 0 Å². The number of benzene rings is 1. The van der Waals surface area contributed by atoms with Crippen LogP contribution >= 0.6 is 0 Å². The zero-order valence-electron chi connectivity index (χ0n) is 9.39. The number of para-hydroxylation sites is 1. The fourth-order valence-electron chi connectivity index (χ4n) is 1.16. The van der Waals surface area contributed by atoms with E-state index in [2.05, 4.69) is 6.58 Å². The van der Waals surface area contributed by atoms with Gasteiger partial charge in [0, 0.05) is 12.5 Å². The number of carbonyl (C=O) groups is 1. The number of esters is 1. The summed E-state index contributed by atoms with van der Waals surface area (Å²) in [7, 11) is 0. The van der Waals surface area contributed by atoms with Crippen molar-refractivity contribution in [2.24, 2.45) is 0 Å². The van der Waals surface area contributed by atoms with Crippen LogP contribution < -0.4 is 4.74 Å². The second-order valence-corrected chi connectivity index (χ2v) is 3.40. The molecule has 0 N–H and O–H groups in total. The average molecular weight is 220 g/mol. The van der Waals surface area contributed by atoms with Crippen molar-refractivity contribution >= 4 is 5.97 Å². The van der Waals surface area contributed by atoms with E-state index in [1.54, 1.807) is 0 Å². The van der Waals surface area contributed by atoms with Crippen molar-refractivity contribution in [3.8, 4) is 5.75 Å². The predicted octanol–water partition coefficient (Wildman–Crippen LogP) is 2.57. The molecule has 1 aromatic carbocycles. The molecule has 16 heavy (non-hydrogen) atoms. The van der Waals surface area contributed by atoms with Gasteiger partial charge in [-0.1, -0.05) is 24.8 Å². The van der Waals surface area contributed by atoms with Crippen LogP contribution in [-0.4, -0.2) is 18.7 Å². The summed E-state index contributed by atoms with van der Waals surface area (Å²) in [5.41, 5.74) is 0. The van der Waals surface area contributed by atoms with Gasteiger partial charge in [0.25, 0.3) is 0 Å². The minimum Gasteiger partial charge on any atom is -0.493 e. The zero-order chi connectivity index (χ0) is 11.8. The molecule has 0 spiro atoms. The van der Waals surface area contributed by atoms with Gasteiger partial charge in [0.1, 0.15) is 11.9 Å². The maximum Gasteiger partial charge on any atom is 0.330 e. The standard InChI is InChI=1S/C13H16O3/c1-3-13(14)16-11(2)9-10-15-12-7-5-4-6-8-12/h3-8,11H,1,9-10H2,2H3. The molecule has 3 nitrogen and oxygen atoms in total. The average Bonchev–Trinajstić information content (AvgIpc) is 2.30. The van der Waals surface area contributed by atoms with Gasteiger partial charge in [-0.05, 0) is 19.1 Å². The van der Waals surface area contributed by atoms with Crippen LogP contribution in [0.15, 0.2) is 43.0 Å². The van der Waals surface area contributed by atoms with Gasteiger partial charge in [-0.15, -0.1) is 0 Å². The van der Waals surface area contributed by atoms with Crippen molar-refractivity contribution < 1.29 is 14.3 Å². The van der Waals surface area contributed by atoms with E-state index in [1.165, 1.54) is 0 Å². The lowest BCUT2D eigenvalue weighted by atomic mass is 10.3. The molecule has 0 fully saturated rings. The van der Waals surface area contributed by atoms with E-state index in [0.717, 1.165) is 11.8 Å². The lowest BCUT2D eigenvalue weighted by Crippen LogP contribution is -2.16. The first-order valence-electron chi connectivity index (χ1n) is 5.23. The summed E-state index contributed by atoms with van der Waals surface area (Å²) in [5, 5.41) is 0. The lowest BCUT2D eigenvalue weighted by molar-refractivity contribution is -0.142. The Morgan fingerprint density at radius 3 is 2.75 bits per heavy atom. The fraction of sp³-hybridized carbons (Fsp3) is 0.308. The van der Waals surface area contributed by atoms with Crippen molar-refractivity contribution in [3.63, 3.8) is 0 Å². The Kier molecular flexibility index (Phi) is 5.12. The fourth-order valence-corrected chi connectivity index (χ4v) is 1.16. The molecule has 0 bridgehead atoms. The number of carbonyl (C=O) groups excluding carboxylic acids is 1. The Balaban J connectivity index is 2.20. The molecule has 86 valence electrons. The molecule has 0 aliphatic rings. The summed E-state index contributed by atoms with van der Waals surface area (Å²) in [6.45, 7) is 5.69. The molecule has 1 aromatic rings. The third-order valence-corrected chi connectivity index (χ3v) is 2.02. The summed E-state index contributed by atoms with van der Waals surface area (Å²) < 4.78 is 10.5. The predicted molar refractivity (Wildman–Crippen MR) is 62.3 cm³/mol. The normalized spacial score (nSPS) is 11.6. The van der Waals surface area contributed by atoms with Gasteiger partial charge < -0.3 is 9.47 Å². The molecule has 0 aliphatic heterocycles. The summed E-state index contributed by atoms with van der Waals surface area (Å²) in [6.07, 6.45) is 1.66. The van der Waals surface area contributed by atoms with Crippen LogP contribution in [0.3, 0.4) is 0 Å². The molecule has 1 rings (SSSR count). The molecule has 0 heterocycles. The van der Waals surface area contributed by atoms with Crippen molar-refractivity contribution in [1.82, 2.24) is 0 Å². The molecule has 1 atom stereocenters. The zero-order valence-corrected chi connectivity index (χ0v) is 9.39. The van der Waals surface area contributed by atoms with E-state index in [9.17, 15) is 4.79 Å². The molecule has 0 radical (unpaired) electrons. The summed E-state index contributed by atoms with van der Waals surface area (Å²) >= 11 is 0. The Morgan fingerprint density at radius 2 is 2.12 bits per heavy atom. The van der Waals surface area contributed by atoms with Crippen LogP contribution in [-0.2, 0) is 9.53 Å². The van der Waals surface area contributed by atoms with Crippen molar-refractivity contribution in [2.45, 2.75) is 19.4 Å². The van der Waals surface area contributed by atoms with Crippen LogP contribution in [0, 0.1) is 0 Å². The highest BCUT2D eigenvalue weighted by Crippen LogP contribution is 2.09. The van der Waals surface area contributed by atoms with Crippen molar-refractivity contribution in [3.05, 3.63) is 43.0 Å². The Hall–Kier alpha value is -1.77. The highest BCUT2D eigenvalue weighted by molar-refractivity contribution is 5.81. The Bertz CT molecular complexity index is 332. The first kappa shape index (κ1) is 12.3. The first-order chi connectivity index (χ1) is 7.72. The van der Waals surface area contributed by atoms with E-state index >= 15 is 0 Å². The second-order valence-electron chi connectivity index (χ2n) is 3.40. The molecule has 0 aromatic heterocycles. The van der Waals surface area contributed by atoms with Crippen LogP contribution in [0.25, 0.3) is 0 Å². The van der Waals surface area contributed by atoms with Gasteiger partial charge in [-0.25, -0.2) is 4.79 Å². The Labute approximate surface area is 95.7 Å². The number of rotatable bonds is 6. The molecule has 0 amide bonds. The minimum absolute atomic E-state index is 0.158. The second kappa shape index (κ2) is 6.67. The van der Waals surface area contributed by atoms with E-state index in [1.807, 2.05) is 37.3 Å². The molecular formula is C13H16O3. The van der Waals surface area contributed by atoms with Gasteiger partial charge in [0.15, 0.2) is 0 Å². The quantitative estimate of drug-likeness (QED) is 0.546. The topological polar surface area (TPSA) is 35.5 Å². The van der Waals surface area contributed by atoms with Gasteiger partial charge in [-0.3, -0.25) is 0 Å². The van der Waals surface area contributed by atoms with Crippen molar-refractivity contribution in [1.29, 1.82) is 0 Å². The third-order valence-electron chi connectivity index (χ3n) is 2.02. The van der Waals surface area contributed by atoms with Gasteiger partial charge in [0.2, 0.25) is 0 Å². The molecular weight excluding hydrogens is 204 g/mol. The van der Waals surface area contributed by atoms with E-state index < -0.39 is 5.97 Å². The highest BCUT2D eigenvalue weighted by Gasteiger charge is 2.06. The smallest absolute Gasteiger partial charge is 0.330 e. The molecule has 1 unspecified atom stereocenters. The SMILES string of the molecule is C=CC(=O)OC(C)CCOc1ccccc1. The van der Waals surface area contributed by atoms with Crippen molar-refractivity contribution in [2.75, 3.05) is 6.61 Å². The molecule has 3 heteroatoms. The third kappa shape index (κ3) is 4.64. The summed E-state index contributed by atoms with van der Waals surface area (Å²) in [6, 6.07) is 9.54. The van der Waals surface area contributed by atoms with Crippen LogP contribution in [0.1, 0.15) is 13.3 Å². The number of hydrogen-bond acceptors (Lipinski definition) is 3. The highest BCUT2D eigenvalue weighted by atomic mass is 16.5. The van der Waals surface area contributed by atoms with Gasteiger partial charge >= 0.3 is 5.97 Å². The van der Waals surface area contributed by atoms with E-state index in [0.29, 0.717) is 13.0 Å². The van der Waals surface area contributed by atoms with Crippen LogP contribution in [0.5, 0.6) is 5.75 Å². The minimum atomic E-state index is -0.396. The Morgan fingerprint density at radius 1 is 1.44 bits per heavy atom. The monoisotopic (exact) mass is 220 g/mol. The first-order valence-corrected chi connectivity index (χ1v) is 5.23. The van der Waals surface area contributed by atoms with E-state index in [4.69, 9.17) is 9.47 Å². The number of ether oxygens (including phenoxy) is 2. The molecule has 0 saturated carbocycles. The maximum absolute atomic E-state index is 10.9. The lowest BCUT2D eigenvalue weighted by Gasteiger charge is -2.12. The molecule has 0 aliphatic carbocycles. The molecule has 0 saturated heterocycles. The summed E-state index contributed by atoms with van der Waals surface area (Å²) in [4.78, 5) is 10.9. The van der Waals surface area contributed by atoms with E-state index in [-0.39, 0.29) is 6.10 Å². The summed E-state index contributed by atoms with van der Waals surface area (Å²) in [5.74, 6) is 0.428. The maximum atomic E-state index is 10.9. The van der Waals surface area contributed by atoms with Gasteiger partial charge in [0.05, 0.1) is 6.61 Å². The van der Waals surface area contributed by atoms with Gasteiger partial charge in [-0.2, -0.15) is 0 Å². The largest absolute Gasteiger partial charge is 0.493 e. The number of hydrogen-bond donors (Lipinski definition) is 0.